The minimum atomic E-state index is -0.0554. The van der Waals surface area contributed by atoms with Gasteiger partial charge in [0.05, 0.1) is 22.7 Å². The monoisotopic (exact) mass is 600 g/mol. The molecule has 6 aromatic rings. The third-order valence-corrected chi connectivity index (χ3v) is 10.7. The van der Waals surface area contributed by atoms with Crippen molar-refractivity contribution in [2.75, 3.05) is 9.80 Å². The summed E-state index contributed by atoms with van der Waals surface area (Å²) >= 11 is 1.80. The van der Waals surface area contributed by atoms with Gasteiger partial charge in [-0.15, -0.1) is 0 Å². The fourth-order valence-electron chi connectivity index (χ4n) is 7.36. The molecule has 2 aliphatic heterocycles. The maximum Gasteiger partial charge on any atom is 0.0502 e. The first-order valence-corrected chi connectivity index (χ1v) is 16.5. The standard InChI is InChI=1S/C42H36N2S/c1-41(2)33-13-5-9-17-37(33)43(38-18-10-6-14-34(38)41)29-21-25-31(26-22-29)45-32-27-23-30(24-28-32)44-39-19-11-7-15-35(39)42(3,4)36-16-8-12-20-40(36)44/h5-28H,1-4H3. The van der Waals surface area contributed by atoms with Crippen molar-refractivity contribution < 1.29 is 0 Å². The smallest absolute Gasteiger partial charge is 0.0502 e. The van der Waals surface area contributed by atoms with E-state index >= 15 is 0 Å². The molecule has 45 heavy (non-hydrogen) atoms. The predicted molar refractivity (Wildman–Crippen MR) is 191 cm³/mol. The van der Waals surface area contributed by atoms with Gasteiger partial charge >= 0.3 is 0 Å². The second kappa shape index (κ2) is 10.4. The summed E-state index contributed by atoms with van der Waals surface area (Å²) < 4.78 is 0. The van der Waals surface area contributed by atoms with Gasteiger partial charge in [-0.25, -0.2) is 0 Å². The fourth-order valence-corrected chi connectivity index (χ4v) is 8.17. The van der Waals surface area contributed by atoms with E-state index in [0.29, 0.717) is 0 Å². The second-order valence-electron chi connectivity index (χ2n) is 13.1. The lowest BCUT2D eigenvalue weighted by atomic mass is 9.73. The van der Waals surface area contributed by atoms with Gasteiger partial charge in [0, 0.05) is 32.0 Å². The van der Waals surface area contributed by atoms with Gasteiger partial charge in [0.1, 0.15) is 0 Å². The van der Waals surface area contributed by atoms with Crippen molar-refractivity contribution in [2.45, 2.75) is 48.3 Å². The van der Waals surface area contributed by atoms with E-state index in [0.717, 1.165) is 0 Å². The van der Waals surface area contributed by atoms with Crippen molar-refractivity contribution in [3.8, 4) is 0 Å². The van der Waals surface area contributed by atoms with Crippen LogP contribution in [0.1, 0.15) is 49.9 Å². The lowest BCUT2D eigenvalue weighted by molar-refractivity contribution is 0.631. The normalized spacial score (nSPS) is 15.5. The molecule has 0 saturated heterocycles. The van der Waals surface area contributed by atoms with Crippen LogP contribution in [0.5, 0.6) is 0 Å². The van der Waals surface area contributed by atoms with E-state index in [9.17, 15) is 0 Å². The molecule has 2 heterocycles. The Bertz CT molecular complexity index is 1790. The highest BCUT2D eigenvalue weighted by Crippen LogP contribution is 2.53. The molecule has 0 atom stereocenters. The Labute approximate surface area is 271 Å². The Kier molecular flexibility index (Phi) is 6.44. The van der Waals surface area contributed by atoms with Gasteiger partial charge in [0.15, 0.2) is 0 Å². The topological polar surface area (TPSA) is 6.48 Å². The van der Waals surface area contributed by atoms with Gasteiger partial charge in [0.25, 0.3) is 0 Å². The van der Waals surface area contributed by atoms with Gasteiger partial charge in [-0.3, -0.25) is 0 Å². The summed E-state index contributed by atoms with van der Waals surface area (Å²) in [6.45, 7) is 9.32. The van der Waals surface area contributed by atoms with E-state index < -0.39 is 0 Å². The van der Waals surface area contributed by atoms with Crippen LogP contribution >= 0.6 is 11.8 Å². The molecule has 0 amide bonds. The second-order valence-corrected chi connectivity index (χ2v) is 14.2. The Morgan fingerprint density at radius 1 is 0.356 bits per heavy atom. The zero-order chi connectivity index (χ0) is 30.8. The first-order valence-electron chi connectivity index (χ1n) is 15.7. The zero-order valence-corrected chi connectivity index (χ0v) is 27.0. The van der Waals surface area contributed by atoms with E-state index in [1.807, 2.05) is 0 Å². The highest BCUT2D eigenvalue weighted by Gasteiger charge is 2.37. The molecule has 0 unspecified atom stereocenters. The van der Waals surface area contributed by atoms with E-state index in [2.05, 4.69) is 183 Å². The lowest BCUT2D eigenvalue weighted by Crippen LogP contribution is -2.30. The molecule has 0 N–H and O–H groups in total. The quantitative estimate of drug-likeness (QED) is 0.199. The summed E-state index contributed by atoms with van der Waals surface area (Å²) in [7, 11) is 0. The van der Waals surface area contributed by atoms with Crippen LogP contribution in [0, 0.1) is 0 Å². The zero-order valence-electron chi connectivity index (χ0n) is 26.2. The highest BCUT2D eigenvalue weighted by atomic mass is 32.2. The van der Waals surface area contributed by atoms with Crippen LogP contribution in [-0.4, -0.2) is 0 Å². The summed E-state index contributed by atoms with van der Waals surface area (Å²) in [5.74, 6) is 0. The van der Waals surface area contributed by atoms with Crippen LogP contribution in [0.3, 0.4) is 0 Å². The van der Waals surface area contributed by atoms with Crippen LogP contribution in [0.2, 0.25) is 0 Å². The highest BCUT2D eigenvalue weighted by molar-refractivity contribution is 7.99. The van der Waals surface area contributed by atoms with Crippen molar-refractivity contribution in [1.29, 1.82) is 0 Å². The minimum Gasteiger partial charge on any atom is -0.310 e. The van der Waals surface area contributed by atoms with E-state index in [4.69, 9.17) is 0 Å². The molecule has 0 radical (unpaired) electrons. The molecule has 0 fully saturated rings. The average molecular weight is 601 g/mol. The number of benzene rings is 6. The number of rotatable bonds is 4. The first-order chi connectivity index (χ1) is 21.8. The van der Waals surface area contributed by atoms with Crippen molar-refractivity contribution in [3.05, 3.63) is 168 Å². The van der Waals surface area contributed by atoms with Gasteiger partial charge in [-0.2, -0.15) is 0 Å². The molecule has 2 nitrogen and oxygen atoms in total. The molecule has 2 aliphatic rings. The predicted octanol–water partition coefficient (Wildman–Crippen LogP) is 12.1. The van der Waals surface area contributed by atoms with Gasteiger partial charge in [-0.05, 0) is 95.1 Å². The molecular weight excluding hydrogens is 565 g/mol. The molecule has 0 saturated carbocycles. The number of hydrogen-bond acceptors (Lipinski definition) is 3. The summed E-state index contributed by atoms with van der Waals surface area (Å²) in [6.07, 6.45) is 0. The summed E-state index contributed by atoms with van der Waals surface area (Å²) in [5.41, 5.74) is 12.7. The molecule has 0 spiro atoms. The summed E-state index contributed by atoms with van der Waals surface area (Å²) in [6, 6.07) is 53.3. The van der Waals surface area contributed by atoms with Gasteiger partial charge in [0.2, 0.25) is 0 Å². The maximum atomic E-state index is 2.41. The van der Waals surface area contributed by atoms with Crippen molar-refractivity contribution in [3.63, 3.8) is 0 Å². The van der Waals surface area contributed by atoms with Crippen LogP contribution in [-0.2, 0) is 10.8 Å². The van der Waals surface area contributed by atoms with Gasteiger partial charge in [-0.1, -0.05) is 112 Å². The number of hydrogen-bond donors (Lipinski definition) is 0. The number of para-hydroxylation sites is 4. The van der Waals surface area contributed by atoms with Crippen LogP contribution in [0.15, 0.2) is 155 Å². The Balaban J connectivity index is 1.09. The number of nitrogens with zero attached hydrogens (tertiary/aromatic N) is 2. The van der Waals surface area contributed by atoms with Crippen LogP contribution < -0.4 is 9.80 Å². The SMILES string of the molecule is CC1(C)c2ccccc2N(c2ccc(Sc3ccc(N4c5ccccc5C(C)(C)c5ccccc54)cc3)cc2)c2ccccc21. The average Bonchev–Trinajstić information content (AvgIpc) is 3.07. The molecule has 3 heteroatoms. The molecular formula is C42H36N2S. The summed E-state index contributed by atoms with van der Waals surface area (Å²) in [5, 5.41) is 0. The molecule has 6 aromatic carbocycles. The van der Waals surface area contributed by atoms with Crippen LogP contribution in [0.4, 0.5) is 34.1 Å². The van der Waals surface area contributed by atoms with Crippen LogP contribution in [0.25, 0.3) is 0 Å². The molecule has 0 aromatic heterocycles. The largest absolute Gasteiger partial charge is 0.310 e. The lowest BCUT2D eigenvalue weighted by Gasteiger charge is -2.42. The Hall–Kier alpha value is -4.73. The number of fused-ring (bicyclic) bond motifs is 4. The number of anilines is 6. The minimum absolute atomic E-state index is 0.0554. The van der Waals surface area contributed by atoms with Crippen molar-refractivity contribution in [2.24, 2.45) is 0 Å². The maximum absolute atomic E-state index is 2.41. The Morgan fingerprint density at radius 3 is 0.911 bits per heavy atom. The van der Waals surface area contributed by atoms with E-state index in [1.165, 1.54) is 66.2 Å². The molecule has 220 valence electrons. The van der Waals surface area contributed by atoms with E-state index in [1.54, 1.807) is 11.8 Å². The third-order valence-electron chi connectivity index (χ3n) is 9.70. The van der Waals surface area contributed by atoms with Crippen molar-refractivity contribution >= 4 is 45.9 Å². The summed E-state index contributed by atoms with van der Waals surface area (Å²) in [4.78, 5) is 7.27. The third kappa shape index (κ3) is 4.41. The molecule has 0 aliphatic carbocycles. The van der Waals surface area contributed by atoms with Crippen molar-refractivity contribution in [1.82, 2.24) is 0 Å². The fraction of sp³-hybridized carbons (Fsp3) is 0.143. The first kappa shape index (κ1) is 27.8. The van der Waals surface area contributed by atoms with E-state index in [-0.39, 0.29) is 10.8 Å². The van der Waals surface area contributed by atoms with Gasteiger partial charge < -0.3 is 9.80 Å². The Morgan fingerprint density at radius 2 is 0.622 bits per heavy atom. The molecule has 0 bridgehead atoms. The molecule has 8 rings (SSSR count).